The van der Waals surface area contributed by atoms with Crippen molar-refractivity contribution in [2.24, 2.45) is 0 Å². The Labute approximate surface area is 396 Å². The first-order valence-electron chi connectivity index (χ1n) is 27.3. The first-order chi connectivity index (χ1) is 31.5. The normalized spacial score (nSPS) is 12.5. The molecule has 64 heavy (non-hydrogen) atoms. The van der Waals surface area contributed by atoms with Gasteiger partial charge in [-0.3, -0.25) is 14.4 Å². The zero-order valence-corrected chi connectivity index (χ0v) is 42.3. The lowest BCUT2D eigenvalue weighted by Crippen LogP contribution is -2.30. The number of carbonyl (C=O) groups excluding carboxylic acids is 3. The molecule has 1 unspecified atom stereocenters. The topological polar surface area (TPSA) is 78.9 Å². The van der Waals surface area contributed by atoms with Crippen LogP contribution in [0.4, 0.5) is 0 Å². The highest BCUT2D eigenvalue weighted by Crippen LogP contribution is 2.15. The van der Waals surface area contributed by atoms with Crippen molar-refractivity contribution < 1.29 is 28.6 Å². The van der Waals surface area contributed by atoms with E-state index in [4.69, 9.17) is 14.2 Å². The Morgan fingerprint density at radius 3 is 0.891 bits per heavy atom. The van der Waals surface area contributed by atoms with Gasteiger partial charge >= 0.3 is 17.9 Å². The average Bonchev–Trinajstić information content (AvgIpc) is 3.29. The monoisotopic (exact) mass is 895 g/mol. The lowest BCUT2D eigenvalue weighted by Gasteiger charge is -2.18. The zero-order chi connectivity index (χ0) is 46.5. The first kappa shape index (κ1) is 61.1. The summed E-state index contributed by atoms with van der Waals surface area (Å²) in [6.07, 6.45) is 65.3. The lowest BCUT2D eigenvalue weighted by atomic mass is 10.1. The van der Waals surface area contributed by atoms with Gasteiger partial charge in [-0.25, -0.2) is 0 Å². The van der Waals surface area contributed by atoms with Crippen molar-refractivity contribution >= 4 is 17.9 Å². The van der Waals surface area contributed by atoms with Crippen molar-refractivity contribution in [1.82, 2.24) is 0 Å². The number of ether oxygens (including phenoxy) is 3. The molecule has 1 atom stereocenters. The van der Waals surface area contributed by atoms with Crippen LogP contribution in [0.15, 0.2) is 60.8 Å². The summed E-state index contributed by atoms with van der Waals surface area (Å²) in [7, 11) is 0. The van der Waals surface area contributed by atoms with E-state index in [-0.39, 0.29) is 31.1 Å². The van der Waals surface area contributed by atoms with E-state index >= 15 is 0 Å². The molecule has 0 aromatic heterocycles. The molecule has 6 heteroatoms. The minimum absolute atomic E-state index is 0.0816. The van der Waals surface area contributed by atoms with Crippen LogP contribution in [-0.4, -0.2) is 37.2 Å². The van der Waals surface area contributed by atoms with E-state index in [1.54, 1.807) is 0 Å². The number of hydrogen-bond acceptors (Lipinski definition) is 6. The van der Waals surface area contributed by atoms with Gasteiger partial charge in [-0.2, -0.15) is 0 Å². The molecule has 0 spiro atoms. The molecule has 0 heterocycles. The van der Waals surface area contributed by atoms with Gasteiger partial charge in [0.2, 0.25) is 0 Å². The average molecular weight is 895 g/mol. The summed E-state index contributed by atoms with van der Waals surface area (Å²) >= 11 is 0. The van der Waals surface area contributed by atoms with E-state index in [0.717, 1.165) is 103 Å². The van der Waals surface area contributed by atoms with Crippen LogP contribution in [0.3, 0.4) is 0 Å². The van der Waals surface area contributed by atoms with Gasteiger partial charge < -0.3 is 14.2 Å². The Hall–Kier alpha value is -2.89. The third-order valence-corrected chi connectivity index (χ3v) is 11.7. The molecule has 0 aliphatic heterocycles. The van der Waals surface area contributed by atoms with Crippen LogP contribution in [0.5, 0.6) is 0 Å². The van der Waals surface area contributed by atoms with E-state index in [1.165, 1.54) is 128 Å². The van der Waals surface area contributed by atoms with Gasteiger partial charge in [0.05, 0.1) is 0 Å². The van der Waals surface area contributed by atoms with Crippen LogP contribution in [0.1, 0.15) is 271 Å². The molecule has 0 rings (SSSR count). The molecule has 0 aromatic carbocycles. The summed E-state index contributed by atoms with van der Waals surface area (Å²) in [5, 5.41) is 0. The molecule has 6 nitrogen and oxygen atoms in total. The smallest absolute Gasteiger partial charge is 0.306 e. The fourth-order valence-electron chi connectivity index (χ4n) is 7.60. The summed E-state index contributed by atoms with van der Waals surface area (Å²) in [4.78, 5) is 37.7. The maximum atomic E-state index is 12.7. The van der Waals surface area contributed by atoms with Crippen molar-refractivity contribution in [2.45, 2.75) is 277 Å². The van der Waals surface area contributed by atoms with Gasteiger partial charge in [0.25, 0.3) is 0 Å². The van der Waals surface area contributed by atoms with Crippen LogP contribution in [-0.2, 0) is 28.6 Å². The predicted molar refractivity (Wildman–Crippen MR) is 275 cm³/mol. The molecule has 0 aromatic rings. The first-order valence-corrected chi connectivity index (χ1v) is 27.3. The minimum Gasteiger partial charge on any atom is -0.462 e. The van der Waals surface area contributed by atoms with Gasteiger partial charge in [0.15, 0.2) is 6.10 Å². The largest absolute Gasteiger partial charge is 0.462 e. The molecule has 0 saturated carbocycles. The van der Waals surface area contributed by atoms with Crippen molar-refractivity contribution in [3.63, 3.8) is 0 Å². The molecule has 0 bridgehead atoms. The molecule has 0 N–H and O–H groups in total. The van der Waals surface area contributed by atoms with Gasteiger partial charge in [-0.15, -0.1) is 0 Å². The molecule has 0 aliphatic rings. The van der Waals surface area contributed by atoms with Crippen molar-refractivity contribution in [1.29, 1.82) is 0 Å². The maximum absolute atomic E-state index is 12.7. The molecular weight excluding hydrogens is 793 g/mol. The molecule has 0 amide bonds. The second-order valence-corrected chi connectivity index (χ2v) is 18.1. The molecule has 0 radical (unpaired) electrons. The highest BCUT2D eigenvalue weighted by atomic mass is 16.6. The number of carbonyl (C=O) groups is 3. The van der Waals surface area contributed by atoms with Crippen LogP contribution in [0, 0.1) is 0 Å². The second kappa shape index (κ2) is 52.7. The van der Waals surface area contributed by atoms with E-state index in [2.05, 4.69) is 81.5 Å². The zero-order valence-electron chi connectivity index (χ0n) is 42.3. The summed E-state index contributed by atoms with van der Waals surface area (Å²) in [5.41, 5.74) is 0. The van der Waals surface area contributed by atoms with E-state index in [9.17, 15) is 14.4 Å². The molecule has 0 aliphatic carbocycles. The van der Waals surface area contributed by atoms with E-state index in [1.807, 2.05) is 0 Å². The van der Waals surface area contributed by atoms with Gasteiger partial charge in [-0.1, -0.05) is 223 Å². The Morgan fingerprint density at radius 1 is 0.312 bits per heavy atom. The van der Waals surface area contributed by atoms with Gasteiger partial charge in [0.1, 0.15) is 13.2 Å². The van der Waals surface area contributed by atoms with Crippen molar-refractivity contribution in [3.05, 3.63) is 60.8 Å². The Kier molecular flexibility index (Phi) is 50.4. The molecule has 0 fully saturated rings. The number of rotatable bonds is 49. The Bertz CT molecular complexity index is 1170. The van der Waals surface area contributed by atoms with Crippen molar-refractivity contribution in [3.8, 4) is 0 Å². The lowest BCUT2D eigenvalue weighted by molar-refractivity contribution is -0.167. The third-order valence-electron chi connectivity index (χ3n) is 11.7. The van der Waals surface area contributed by atoms with Gasteiger partial charge in [-0.05, 0) is 89.9 Å². The standard InChI is InChI=1S/C58H102O6/c1-4-7-10-13-15-17-19-21-23-25-26-27-28-29-30-31-32-33-35-36-38-40-42-45-48-51-57(60)63-54-55(53-62-56(59)50-47-44-12-9-6-3)64-58(61)52-49-46-43-41-39-37-34-24-22-20-18-16-14-11-8-5-2/h18-21,24-26,28-29,34,55H,4-17,22-23,27,30-33,35-54H2,1-3H3/b20-18-,21-19-,26-25-,29-28-,34-24-. The fourth-order valence-corrected chi connectivity index (χ4v) is 7.60. The summed E-state index contributed by atoms with van der Waals surface area (Å²) < 4.78 is 16.7. The highest BCUT2D eigenvalue weighted by molar-refractivity contribution is 5.71. The molecular formula is C58H102O6. The molecule has 0 saturated heterocycles. The van der Waals surface area contributed by atoms with E-state index < -0.39 is 6.10 Å². The summed E-state index contributed by atoms with van der Waals surface area (Å²) in [6, 6.07) is 0. The van der Waals surface area contributed by atoms with E-state index in [0.29, 0.717) is 19.3 Å². The summed E-state index contributed by atoms with van der Waals surface area (Å²) in [6.45, 7) is 6.52. The number of unbranched alkanes of at least 4 members (excludes halogenated alkanes) is 28. The number of esters is 3. The second-order valence-electron chi connectivity index (χ2n) is 18.1. The fraction of sp³-hybridized carbons (Fsp3) is 0.776. The third kappa shape index (κ3) is 50.1. The van der Waals surface area contributed by atoms with Crippen LogP contribution in [0.25, 0.3) is 0 Å². The van der Waals surface area contributed by atoms with Gasteiger partial charge in [0, 0.05) is 19.3 Å². The Balaban J connectivity index is 4.12. The number of allylic oxidation sites excluding steroid dienone is 10. The number of hydrogen-bond donors (Lipinski definition) is 0. The minimum atomic E-state index is -0.779. The summed E-state index contributed by atoms with van der Waals surface area (Å²) in [5.74, 6) is -0.908. The molecule has 370 valence electrons. The quantitative estimate of drug-likeness (QED) is 0.0262. The van der Waals surface area contributed by atoms with Crippen LogP contribution in [0.2, 0.25) is 0 Å². The predicted octanol–water partition coefficient (Wildman–Crippen LogP) is 18.0. The van der Waals surface area contributed by atoms with Crippen molar-refractivity contribution in [2.75, 3.05) is 13.2 Å². The SMILES string of the molecule is CCCCCC/C=C\C/C=C\CCCCCCCC(=O)OC(COC(=O)CCCCCCC)COC(=O)CCCCCCCCCCCC/C=C\C/C=C\C/C=C\CCCCCCC. The van der Waals surface area contributed by atoms with Crippen LogP contribution < -0.4 is 0 Å². The Morgan fingerprint density at radius 2 is 0.562 bits per heavy atom. The highest BCUT2D eigenvalue weighted by Gasteiger charge is 2.19. The van der Waals surface area contributed by atoms with Crippen LogP contribution >= 0.6 is 0 Å². The maximum Gasteiger partial charge on any atom is 0.306 e.